The molecule has 0 saturated carbocycles. The van der Waals surface area contributed by atoms with Crippen LogP contribution in [0.4, 0.5) is 0 Å². The van der Waals surface area contributed by atoms with Crippen molar-refractivity contribution in [3.05, 3.63) is 17.0 Å². The number of rotatable bonds is 5. The summed E-state index contributed by atoms with van der Waals surface area (Å²) >= 11 is 0.970. The Labute approximate surface area is 98.9 Å². The van der Waals surface area contributed by atoms with Crippen LogP contribution >= 0.6 is 11.3 Å². The van der Waals surface area contributed by atoms with Gasteiger partial charge < -0.3 is 4.74 Å². The molecular weight excluding hydrogens is 248 g/mol. The molecule has 0 amide bonds. The molecule has 0 bridgehead atoms. The van der Waals surface area contributed by atoms with Gasteiger partial charge in [0.2, 0.25) is 0 Å². The van der Waals surface area contributed by atoms with E-state index in [-0.39, 0.29) is 4.21 Å². The predicted octanol–water partition coefficient (Wildman–Crippen LogP) is 0.887. The van der Waals surface area contributed by atoms with Crippen LogP contribution in [-0.2, 0) is 14.8 Å². The van der Waals surface area contributed by atoms with Gasteiger partial charge in [-0.25, -0.2) is 8.42 Å². The average Bonchev–Trinajstić information content (AvgIpc) is 2.74. The zero-order chi connectivity index (χ0) is 12.2. The lowest BCUT2D eigenvalue weighted by Crippen LogP contribution is -2.29. The van der Waals surface area contributed by atoms with Gasteiger partial charge in [0.15, 0.2) is 0 Å². The molecule has 0 atom stereocenters. The van der Waals surface area contributed by atoms with Crippen molar-refractivity contribution in [2.45, 2.75) is 4.21 Å². The summed E-state index contributed by atoms with van der Waals surface area (Å²) in [6.07, 6.45) is 0. The highest BCUT2D eigenvalue weighted by Gasteiger charge is 2.22. The number of likely N-dealkylation sites (N-methyl/N-ethyl adjacent to an activating group) is 1. The molecule has 0 aromatic carbocycles. The summed E-state index contributed by atoms with van der Waals surface area (Å²) < 4.78 is 30.1. The maximum atomic E-state index is 11.9. The van der Waals surface area contributed by atoms with Crippen LogP contribution < -0.4 is 0 Å². The molecule has 88 valence electrons. The second-order valence-corrected chi connectivity index (χ2v) is 6.41. The number of sulfonamides is 1. The van der Waals surface area contributed by atoms with Gasteiger partial charge in [-0.2, -0.15) is 9.57 Å². The summed E-state index contributed by atoms with van der Waals surface area (Å²) in [6.45, 7) is 0.630. The Balaban J connectivity index is 2.89. The largest absolute Gasteiger partial charge is 0.383 e. The standard InChI is InChI=1S/C9H12N2O3S2/c1-11(5-6-14-2)16(12,13)9-4-3-8(7-10)15-9/h3-4H,5-6H2,1-2H3. The molecule has 0 saturated heterocycles. The molecule has 0 radical (unpaired) electrons. The number of nitriles is 1. The lowest BCUT2D eigenvalue weighted by Gasteiger charge is -2.14. The third-order valence-corrected chi connectivity index (χ3v) is 5.28. The van der Waals surface area contributed by atoms with E-state index in [1.54, 1.807) is 0 Å². The van der Waals surface area contributed by atoms with Crippen LogP contribution in [0, 0.1) is 11.3 Å². The Morgan fingerprint density at radius 3 is 2.75 bits per heavy atom. The topological polar surface area (TPSA) is 70.4 Å². The first-order chi connectivity index (χ1) is 7.52. The van der Waals surface area contributed by atoms with Crippen LogP contribution in [-0.4, -0.2) is 40.0 Å². The molecule has 16 heavy (non-hydrogen) atoms. The van der Waals surface area contributed by atoms with Gasteiger partial charge in [0.1, 0.15) is 15.2 Å². The van der Waals surface area contributed by atoms with E-state index in [9.17, 15) is 8.42 Å². The van der Waals surface area contributed by atoms with Crippen molar-refractivity contribution >= 4 is 21.4 Å². The van der Waals surface area contributed by atoms with E-state index in [0.29, 0.717) is 18.0 Å². The first kappa shape index (κ1) is 13.1. The fourth-order valence-electron chi connectivity index (χ4n) is 1.01. The molecule has 0 aliphatic rings. The van der Waals surface area contributed by atoms with E-state index in [4.69, 9.17) is 10.00 Å². The van der Waals surface area contributed by atoms with E-state index in [1.807, 2.05) is 6.07 Å². The normalized spacial score (nSPS) is 11.6. The zero-order valence-electron chi connectivity index (χ0n) is 9.00. The number of methoxy groups -OCH3 is 1. The van der Waals surface area contributed by atoms with Crippen LogP contribution in [0.1, 0.15) is 4.88 Å². The molecular formula is C9H12N2O3S2. The van der Waals surface area contributed by atoms with E-state index < -0.39 is 10.0 Å². The van der Waals surface area contributed by atoms with Gasteiger partial charge in [-0.1, -0.05) is 0 Å². The first-order valence-corrected chi connectivity index (χ1v) is 6.73. The van der Waals surface area contributed by atoms with Crippen LogP contribution in [0.15, 0.2) is 16.3 Å². The lowest BCUT2D eigenvalue weighted by molar-refractivity contribution is 0.185. The molecule has 1 aromatic rings. The predicted molar refractivity (Wildman–Crippen MR) is 60.7 cm³/mol. The second kappa shape index (κ2) is 5.41. The fraction of sp³-hybridized carbons (Fsp3) is 0.444. The van der Waals surface area contributed by atoms with Crippen molar-refractivity contribution in [1.29, 1.82) is 5.26 Å². The summed E-state index contributed by atoms with van der Waals surface area (Å²) in [7, 11) is -0.480. The third kappa shape index (κ3) is 2.80. The van der Waals surface area contributed by atoms with Gasteiger partial charge in [-0.15, -0.1) is 11.3 Å². The maximum absolute atomic E-state index is 11.9. The summed E-state index contributed by atoms with van der Waals surface area (Å²) in [5, 5.41) is 8.63. The first-order valence-electron chi connectivity index (χ1n) is 4.47. The molecule has 0 spiro atoms. The summed E-state index contributed by atoms with van der Waals surface area (Å²) in [5.41, 5.74) is 0. The molecule has 7 heteroatoms. The van der Waals surface area contributed by atoms with Crippen molar-refractivity contribution in [3.63, 3.8) is 0 Å². The van der Waals surface area contributed by atoms with Crippen LogP contribution in [0.2, 0.25) is 0 Å². The SMILES string of the molecule is COCCN(C)S(=O)(=O)c1ccc(C#N)s1. The maximum Gasteiger partial charge on any atom is 0.252 e. The lowest BCUT2D eigenvalue weighted by atomic mass is 10.5. The average molecular weight is 260 g/mol. The smallest absolute Gasteiger partial charge is 0.252 e. The van der Waals surface area contributed by atoms with Crippen molar-refractivity contribution in [3.8, 4) is 6.07 Å². The molecule has 0 unspecified atom stereocenters. The number of hydrogen-bond acceptors (Lipinski definition) is 5. The van der Waals surface area contributed by atoms with E-state index in [0.717, 1.165) is 11.3 Å². The highest BCUT2D eigenvalue weighted by atomic mass is 32.2. The Kier molecular flexibility index (Phi) is 4.44. The number of thiophene rings is 1. The molecule has 1 heterocycles. The number of hydrogen-bond donors (Lipinski definition) is 0. The fourth-order valence-corrected chi connectivity index (χ4v) is 3.48. The number of nitrogens with zero attached hydrogens (tertiary/aromatic N) is 2. The Morgan fingerprint density at radius 2 is 2.25 bits per heavy atom. The molecule has 1 rings (SSSR count). The Bertz CT molecular complexity index is 487. The molecule has 5 nitrogen and oxygen atoms in total. The van der Waals surface area contributed by atoms with Crippen molar-refractivity contribution in [2.24, 2.45) is 0 Å². The highest BCUT2D eigenvalue weighted by molar-refractivity contribution is 7.91. The minimum atomic E-state index is -3.48. The molecule has 0 aliphatic carbocycles. The quantitative estimate of drug-likeness (QED) is 0.788. The van der Waals surface area contributed by atoms with Crippen LogP contribution in [0.5, 0.6) is 0 Å². The van der Waals surface area contributed by atoms with Gasteiger partial charge in [0, 0.05) is 20.7 Å². The van der Waals surface area contributed by atoms with Gasteiger partial charge in [-0.05, 0) is 12.1 Å². The third-order valence-electron chi connectivity index (χ3n) is 1.97. The van der Waals surface area contributed by atoms with E-state index in [2.05, 4.69) is 0 Å². The van der Waals surface area contributed by atoms with Crippen molar-refractivity contribution < 1.29 is 13.2 Å². The molecule has 0 N–H and O–H groups in total. The van der Waals surface area contributed by atoms with Crippen LogP contribution in [0.3, 0.4) is 0 Å². The van der Waals surface area contributed by atoms with Crippen LogP contribution in [0.25, 0.3) is 0 Å². The minimum Gasteiger partial charge on any atom is -0.383 e. The van der Waals surface area contributed by atoms with Crippen molar-refractivity contribution in [2.75, 3.05) is 27.3 Å². The summed E-state index contributed by atoms with van der Waals surface area (Å²) in [5.74, 6) is 0. The van der Waals surface area contributed by atoms with E-state index in [1.165, 1.54) is 30.6 Å². The van der Waals surface area contributed by atoms with Crippen molar-refractivity contribution in [1.82, 2.24) is 4.31 Å². The number of ether oxygens (including phenoxy) is 1. The Hall–Kier alpha value is -0.940. The molecule has 1 aromatic heterocycles. The molecule has 0 fully saturated rings. The zero-order valence-corrected chi connectivity index (χ0v) is 10.6. The van der Waals surface area contributed by atoms with Gasteiger partial charge >= 0.3 is 0 Å². The minimum absolute atomic E-state index is 0.183. The second-order valence-electron chi connectivity index (χ2n) is 3.05. The van der Waals surface area contributed by atoms with Gasteiger partial charge in [-0.3, -0.25) is 0 Å². The Morgan fingerprint density at radius 1 is 1.56 bits per heavy atom. The van der Waals surface area contributed by atoms with E-state index >= 15 is 0 Å². The highest BCUT2D eigenvalue weighted by Crippen LogP contribution is 2.23. The monoisotopic (exact) mass is 260 g/mol. The van der Waals surface area contributed by atoms with Gasteiger partial charge in [0.05, 0.1) is 6.61 Å². The van der Waals surface area contributed by atoms with Gasteiger partial charge in [0.25, 0.3) is 10.0 Å². The summed E-state index contributed by atoms with van der Waals surface area (Å²) in [6, 6.07) is 4.86. The summed E-state index contributed by atoms with van der Waals surface area (Å²) in [4.78, 5) is 0.388. The molecule has 0 aliphatic heterocycles.